The van der Waals surface area contributed by atoms with Crippen LogP contribution in [0.4, 0.5) is 0 Å². The van der Waals surface area contributed by atoms with Crippen molar-refractivity contribution in [2.75, 3.05) is 0 Å². The summed E-state index contributed by atoms with van der Waals surface area (Å²) in [4.78, 5) is 27.0. The maximum Gasteiger partial charge on any atom is 0.309 e. The molecule has 1 aliphatic heterocycles. The Kier molecular flexibility index (Phi) is 7.27. The van der Waals surface area contributed by atoms with E-state index < -0.39 is 36.0 Å². The lowest BCUT2D eigenvalue weighted by Gasteiger charge is -2.70. The molecule has 5 aliphatic carbocycles. The molecule has 0 spiro atoms. The zero-order chi connectivity index (χ0) is 31.5. The quantitative estimate of drug-likeness (QED) is 0.326. The van der Waals surface area contributed by atoms with Gasteiger partial charge in [0.05, 0.1) is 23.7 Å². The van der Waals surface area contributed by atoms with Gasteiger partial charge in [0.25, 0.3) is 0 Å². The Bertz CT molecular complexity index is 1200. The normalized spacial score (nSPS) is 54.4. The number of carbonyl (C=O) groups is 2. The number of ether oxygens (including phenoxy) is 2. The molecular formula is C36H56O7. The second kappa shape index (κ2) is 9.86. The number of aliphatic hydroxyl groups excluding tert-OH is 2. The van der Waals surface area contributed by atoms with Crippen molar-refractivity contribution in [2.45, 2.75) is 150 Å². The van der Waals surface area contributed by atoms with E-state index in [1.165, 1.54) is 5.57 Å². The van der Waals surface area contributed by atoms with Crippen molar-refractivity contribution in [1.29, 1.82) is 0 Å². The third kappa shape index (κ3) is 4.33. The molecule has 6 rings (SSSR count). The monoisotopic (exact) mass is 600 g/mol. The summed E-state index contributed by atoms with van der Waals surface area (Å²) in [5, 5.41) is 30.7. The molecule has 7 heteroatoms. The molecule has 43 heavy (non-hydrogen) atoms. The number of hydrogen-bond acceptors (Lipinski definition) is 6. The van der Waals surface area contributed by atoms with E-state index in [1.807, 2.05) is 13.0 Å². The number of aliphatic carboxylic acids is 1. The molecule has 1 heterocycles. The number of fused-ring (bicyclic) bond motifs is 7. The highest BCUT2D eigenvalue weighted by Crippen LogP contribution is 2.75. The zero-order valence-electron chi connectivity index (χ0n) is 27.7. The van der Waals surface area contributed by atoms with E-state index in [2.05, 4.69) is 41.5 Å². The van der Waals surface area contributed by atoms with Crippen LogP contribution in [0.2, 0.25) is 0 Å². The topological polar surface area (TPSA) is 113 Å². The molecule has 0 aromatic rings. The van der Waals surface area contributed by atoms with E-state index in [1.54, 1.807) is 6.92 Å². The van der Waals surface area contributed by atoms with Crippen molar-refractivity contribution in [3.63, 3.8) is 0 Å². The van der Waals surface area contributed by atoms with Gasteiger partial charge in [-0.3, -0.25) is 9.59 Å². The summed E-state index contributed by atoms with van der Waals surface area (Å²) in [5.41, 5.74) is -0.165. The number of carboxylic acids is 1. The molecular weight excluding hydrogens is 544 g/mol. The van der Waals surface area contributed by atoms with E-state index >= 15 is 0 Å². The Labute approximate surface area is 258 Å². The molecule has 7 nitrogen and oxygen atoms in total. The van der Waals surface area contributed by atoms with E-state index in [9.17, 15) is 24.9 Å². The minimum Gasteiger partial charge on any atom is -0.481 e. The number of hydrogen-bond donors (Lipinski definition) is 3. The van der Waals surface area contributed by atoms with Gasteiger partial charge in [-0.25, -0.2) is 0 Å². The maximum absolute atomic E-state index is 14.6. The van der Waals surface area contributed by atoms with Gasteiger partial charge in [0.2, 0.25) is 0 Å². The molecule has 0 amide bonds. The summed E-state index contributed by atoms with van der Waals surface area (Å²) in [6.45, 7) is 17.8. The summed E-state index contributed by atoms with van der Waals surface area (Å²) >= 11 is 0. The fourth-order valence-electron chi connectivity index (χ4n) is 11.9. The minimum absolute atomic E-state index is 0.0462. The number of carbonyl (C=O) groups excluding carboxylic acids is 1. The smallest absolute Gasteiger partial charge is 0.309 e. The lowest BCUT2D eigenvalue weighted by Crippen LogP contribution is -2.67. The molecule has 5 fully saturated rings. The highest BCUT2D eigenvalue weighted by Gasteiger charge is 2.70. The lowest BCUT2D eigenvalue weighted by molar-refractivity contribution is -0.290. The first kappa shape index (κ1) is 31.7. The molecule has 13 atom stereocenters. The van der Waals surface area contributed by atoms with Gasteiger partial charge >= 0.3 is 5.97 Å². The Morgan fingerprint density at radius 3 is 2.28 bits per heavy atom. The summed E-state index contributed by atoms with van der Waals surface area (Å²) in [6, 6.07) is 0. The maximum atomic E-state index is 14.6. The van der Waals surface area contributed by atoms with Crippen molar-refractivity contribution in [3.05, 3.63) is 11.6 Å². The third-order valence-corrected chi connectivity index (χ3v) is 15.0. The van der Waals surface area contributed by atoms with E-state index in [-0.39, 0.29) is 63.1 Å². The van der Waals surface area contributed by atoms with Gasteiger partial charge in [0.1, 0.15) is 6.10 Å². The summed E-state index contributed by atoms with van der Waals surface area (Å²) in [7, 11) is 0. The molecule has 0 bridgehead atoms. The number of ketones is 1. The van der Waals surface area contributed by atoms with Crippen LogP contribution in [-0.2, 0) is 19.1 Å². The molecule has 1 saturated heterocycles. The molecule has 0 aromatic carbocycles. The van der Waals surface area contributed by atoms with Gasteiger partial charge in [0, 0.05) is 12.3 Å². The Balaban J connectivity index is 1.32. The molecule has 0 aromatic heterocycles. The van der Waals surface area contributed by atoms with Crippen molar-refractivity contribution in [2.24, 2.45) is 50.2 Å². The van der Waals surface area contributed by atoms with E-state index in [0.717, 1.165) is 44.9 Å². The number of carboxylic acid groups (broad SMARTS) is 1. The van der Waals surface area contributed by atoms with Gasteiger partial charge < -0.3 is 24.8 Å². The Morgan fingerprint density at radius 1 is 0.953 bits per heavy atom. The van der Waals surface area contributed by atoms with Gasteiger partial charge in [0.15, 0.2) is 12.1 Å². The fourth-order valence-corrected chi connectivity index (χ4v) is 11.9. The van der Waals surface area contributed by atoms with Crippen LogP contribution < -0.4 is 0 Å². The average Bonchev–Trinajstić information content (AvgIpc) is 2.91. The van der Waals surface area contributed by atoms with Crippen LogP contribution in [-0.4, -0.2) is 57.8 Å². The Morgan fingerprint density at radius 2 is 1.63 bits per heavy atom. The largest absolute Gasteiger partial charge is 0.481 e. The van der Waals surface area contributed by atoms with Crippen molar-refractivity contribution >= 4 is 11.8 Å². The second-order valence-electron chi connectivity index (χ2n) is 17.6. The van der Waals surface area contributed by atoms with Crippen molar-refractivity contribution < 1.29 is 34.4 Å². The number of allylic oxidation sites excluding steroid dienone is 2. The molecule has 3 N–H and O–H groups in total. The van der Waals surface area contributed by atoms with Crippen LogP contribution >= 0.6 is 0 Å². The molecule has 242 valence electrons. The molecule has 6 aliphatic rings. The van der Waals surface area contributed by atoms with Crippen LogP contribution in [0.5, 0.6) is 0 Å². The lowest BCUT2D eigenvalue weighted by atomic mass is 9.33. The van der Waals surface area contributed by atoms with Gasteiger partial charge in [-0.05, 0) is 117 Å². The zero-order valence-corrected chi connectivity index (χ0v) is 27.7. The van der Waals surface area contributed by atoms with Crippen LogP contribution in [0.1, 0.15) is 120 Å². The fraction of sp³-hybridized carbons (Fsp3) is 0.889. The summed E-state index contributed by atoms with van der Waals surface area (Å²) in [6.07, 6.45) is 7.45. The number of rotatable bonds is 3. The van der Waals surface area contributed by atoms with Crippen LogP contribution in [0.15, 0.2) is 11.6 Å². The highest BCUT2D eigenvalue weighted by atomic mass is 16.7. The first-order valence-electron chi connectivity index (χ1n) is 17.0. The molecule has 4 saturated carbocycles. The van der Waals surface area contributed by atoms with Gasteiger partial charge in [-0.2, -0.15) is 0 Å². The van der Waals surface area contributed by atoms with Crippen LogP contribution in [0.3, 0.4) is 0 Å². The summed E-state index contributed by atoms with van der Waals surface area (Å²) < 4.78 is 12.6. The van der Waals surface area contributed by atoms with Crippen molar-refractivity contribution in [1.82, 2.24) is 0 Å². The first-order valence-corrected chi connectivity index (χ1v) is 17.0. The first-order chi connectivity index (χ1) is 19.8. The third-order valence-electron chi connectivity index (χ3n) is 15.0. The van der Waals surface area contributed by atoms with Gasteiger partial charge in [-0.1, -0.05) is 47.1 Å². The standard InChI is InChI=1S/C36H56O7/c1-20-28(39)23(37)18-27(42-20)43-26-10-11-34(6)25(31(26,2)3)9-12-36(8)29(34)24(38)17-21-22-19-33(5,30(40)41)14-13-32(22,4)15-16-35(21,36)7/h17,20,22-23,25-29,37,39H,9-16,18-19H2,1-8H3,(H,40,41)/t20-,22-,23-,25-,26-,27+,28-,29-,32-,33+,34+,35-,36-/m1/s1. The summed E-state index contributed by atoms with van der Waals surface area (Å²) in [5.74, 6) is -0.128. The minimum atomic E-state index is -0.903. The van der Waals surface area contributed by atoms with E-state index in [4.69, 9.17) is 9.47 Å². The SMILES string of the molecule is C[C@H]1O[C@@H](O[C@@H]2CC[C@@]3(C)[C@H](CC[C@]4(C)[C@@H]3C(=O)C=C3[C@H]5C[C@@](C)(C(=O)O)CC[C@]5(C)CC[C@]34C)C2(C)C)C[C@@H](O)[C@@H]1O. The predicted molar refractivity (Wildman–Crippen MR) is 163 cm³/mol. The predicted octanol–water partition coefficient (Wildman–Crippen LogP) is 6.29. The second-order valence-corrected chi connectivity index (χ2v) is 17.6. The highest BCUT2D eigenvalue weighted by molar-refractivity contribution is 5.95. The Hall–Kier alpha value is -1.28. The van der Waals surface area contributed by atoms with Crippen molar-refractivity contribution in [3.8, 4) is 0 Å². The van der Waals surface area contributed by atoms with Crippen LogP contribution in [0, 0.1) is 50.2 Å². The van der Waals surface area contributed by atoms with E-state index in [0.29, 0.717) is 12.8 Å². The van der Waals surface area contributed by atoms with Gasteiger partial charge in [-0.15, -0.1) is 0 Å². The van der Waals surface area contributed by atoms with Crippen LogP contribution in [0.25, 0.3) is 0 Å². The molecule has 0 radical (unpaired) electrons. The number of aliphatic hydroxyl groups is 2. The average molecular weight is 601 g/mol. The molecule has 0 unspecified atom stereocenters.